The number of benzene rings is 2. The highest BCUT2D eigenvalue weighted by Gasteiger charge is 2.35. The minimum absolute atomic E-state index is 0.107. The minimum atomic E-state index is -0.500. The molecule has 2 aliphatic heterocycles. The Morgan fingerprint density at radius 1 is 1.02 bits per heavy atom. The Hall–Kier alpha value is -3.73. The molecule has 1 fully saturated rings. The highest BCUT2D eigenvalue weighted by molar-refractivity contribution is 7.13. The van der Waals surface area contributed by atoms with Crippen LogP contribution in [0, 0.1) is 0 Å². The lowest BCUT2D eigenvalue weighted by atomic mass is 9.97. The van der Waals surface area contributed by atoms with Gasteiger partial charge in [-0.2, -0.15) is 0 Å². The van der Waals surface area contributed by atoms with Crippen molar-refractivity contribution in [1.82, 2.24) is 30.4 Å². The smallest absolute Gasteiger partial charge is 0.280 e. The molecule has 4 heterocycles. The number of hydrogen-bond donors (Lipinski definition) is 3. The molecule has 9 nitrogen and oxygen atoms in total. The summed E-state index contributed by atoms with van der Waals surface area (Å²) >= 11 is 7.52. The standard InChI is InChI=1S/C29H29ClN6O3S/c1-35-11-9-22-25(16-35)40-28(34-22)27(38)33-24-15-36(29(39)17-5-3-2-4-6-17)12-10-21(24)32-26(37)23-14-18-13-19(30)7-8-20(18)31-23/h2-8,13-14,21,24,31H,9-12,15-16H2,1H3,(H,32,37)(H,33,38)/t21-,24+/m0/s1. The van der Waals surface area contributed by atoms with Crippen molar-refractivity contribution in [2.75, 3.05) is 26.7 Å². The Bertz CT molecular complexity index is 1590. The van der Waals surface area contributed by atoms with Gasteiger partial charge in [0.2, 0.25) is 0 Å². The van der Waals surface area contributed by atoms with Gasteiger partial charge in [-0.25, -0.2) is 4.98 Å². The average Bonchev–Trinajstić information content (AvgIpc) is 3.58. The molecular formula is C29H29ClN6O3S. The van der Waals surface area contributed by atoms with Crippen LogP contribution in [-0.2, 0) is 13.0 Å². The Labute approximate surface area is 240 Å². The average molecular weight is 577 g/mol. The third kappa shape index (κ3) is 5.47. The van der Waals surface area contributed by atoms with Gasteiger partial charge in [0.15, 0.2) is 5.01 Å². The Kier molecular flexibility index (Phi) is 7.31. The monoisotopic (exact) mass is 576 g/mol. The lowest BCUT2D eigenvalue weighted by molar-refractivity contribution is 0.0628. The fraction of sp³-hybridized carbons (Fsp3) is 0.310. The number of rotatable bonds is 5. The summed E-state index contributed by atoms with van der Waals surface area (Å²) in [6, 6.07) is 15.4. The predicted molar refractivity (Wildman–Crippen MR) is 155 cm³/mol. The zero-order valence-corrected chi connectivity index (χ0v) is 23.5. The number of nitrogens with one attached hydrogen (secondary N) is 3. The third-order valence-electron chi connectivity index (χ3n) is 7.50. The summed E-state index contributed by atoms with van der Waals surface area (Å²) in [7, 11) is 2.05. The molecular weight excluding hydrogens is 548 g/mol. The Morgan fingerprint density at radius 2 is 1.82 bits per heavy atom. The largest absolute Gasteiger partial charge is 0.351 e. The summed E-state index contributed by atoms with van der Waals surface area (Å²) in [5.74, 6) is -0.683. The first kappa shape index (κ1) is 26.5. The molecule has 0 bridgehead atoms. The van der Waals surface area contributed by atoms with Crippen molar-refractivity contribution < 1.29 is 14.4 Å². The molecule has 4 aromatic rings. The molecule has 2 aromatic carbocycles. The van der Waals surface area contributed by atoms with E-state index < -0.39 is 6.04 Å². The Balaban J connectivity index is 1.22. The van der Waals surface area contributed by atoms with Crippen LogP contribution in [0.5, 0.6) is 0 Å². The van der Waals surface area contributed by atoms with E-state index in [1.54, 1.807) is 35.2 Å². The number of amides is 3. The fourth-order valence-corrected chi connectivity index (χ4v) is 6.61. The summed E-state index contributed by atoms with van der Waals surface area (Å²) in [4.78, 5) is 52.7. The van der Waals surface area contributed by atoms with Gasteiger partial charge in [-0.3, -0.25) is 14.4 Å². The van der Waals surface area contributed by atoms with Crippen molar-refractivity contribution in [2.45, 2.75) is 31.5 Å². The van der Waals surface area contributed by atoms with Crippen molar-refractivity contribution in [3.05, 3.63) is 86.5 Å². The highest BCUT2D eigenvalue weighted by atomic mass is 35.5. The zero-order valence-electron chi connectivity index (χ0n) is 21.9. The summed E-state index contributed by atoms with van der Waals surface area (Å²) in [5.41, 5.74) is 2.77. The Morgan fingerprint density at radius 3 is 2.65 bits per heavy atom. The predicted octanol–water partition coefficient (Wildman–Crippen LogP) is 3.71. The van der Waals surface area contributed by atoms with Gasteiger partial charge in [0.25, 0.3) is 17.7 Å². The van der Waals surface area contributed by atoms with Crippen LogP contribution in [0.1, 0.15) is 47.6 Å². The molecule has 3 N–H and O–H groups in total. The maximum absolute atomic E-state index is 13.4. The van der Waals surface area contributed by atoms with Crippen molar-refractivity contribution in [1.29, 1.82) is 0 Å². The highest BCUT2D eigenvalue weighted by Crippen LogP contribution is 2.25. The van der Waals surface area contributed by atoms with Gasteiger partial charge in [-0.05, 0) is 49.9 Å². The van der Waals surface area contributed by atoms with Crippen molar-refractivity contribution in [2.24, 2.45) is 0 Å². The number of carbonyl (C=O) groups excluding carboxylic acids is 3. The lowest BCUT2D eigenvalue weighted by Crippen LogP contribution is -2.61. The van der Waals surface area contributed by atoms with Crippen LogP contribution in [-0.4, -0.2) is 76.3 Å². The number of likely N-dealkylation sites (tertiary alicyclic amines) is 1. The van der Waals surface area contributed by atoms with Gasteiger partial charge in [0, 0.05) is 59.0 Å². The van der Waals surface area contributed by atoms with Crippen LogP contribution >= 0.6 is 22.9 Å². The van der Waals surface area contributed by atoms with E-state index in [0.717, 1.165) is 41.0 Å². The molecule has 0 aliphatic carbocycles. The number of thiazole rings is 1. The van der Waals surface area contributed by atoms with Gasteiger partial charge in [0.1, 0.15) is 5.69 Å². The number of aromatic nitrogens is 2. The van der Waals surface area contributed by atoms with Crippen molar-refractivity contribution in [3.63, 3.8) is 0 Å². The number of likely N-dealkylation sites (N-methyl/N-ethyl adjacent to an activating group) is 1. The van der Waals surface area contributed by atoms with Gasteiger partial charge in [-0.15, -0.1) is 11.3 Å². The topological polar surface area (TPSA) is 110 Å². The van der Waals surface area contributed by atoms with E-state index in [1.165, 1.54) is 11.3 Å². The van der Waals surface area contributed by atoms with E-state index in [1.807, 2.05) is 24.3 Å². The summed E-state index contributed by atoms with van der Waals surface area (Å²) < 4.78 is 0. The molecule has 0 unspecified atom stereocenters. The number of hydrogen-bond acceptors (Lipinski definition) is 6. The molecule has 0 radical (unpaired) electrons. The summed E-state index contributed by atoms with van der Waals surface area (Å²) in [5, 5.41) is 8.02. The van der Waals surface area contributed by atoms with Crippen LogP contribution in [0.25, 0.3) is 10.9 Å². The quantitative estimate of drug-likeness (QED) is 0.335. The van der Waals surface area contributed by atoms with E-state index >= 15 is 0 Å². The first-order valence-corrected chi connectivity index (χ1v) is 14.4. The van der Waals surface area contributed by atoms with Crippen molar-refractivity contribution >= 4 is 51.6 Å². The van der Waals surface area contributed by atoms with Gasteiger partial charge in [-0.1, -0.05) is 29.8 Å². The van der Waals surface area contributed by atoms with E-state index in [9.17, 15) is 14.4 Å². The summed E-state index contributed by atoms with van der Waals surface area (Å²) in [6.07, 6.45) is 1.30. The third-order valence-corrected chi connectivity index (χ3v) is 8.81. The molecule has 2 aromatic heterocycles. The molecule has 11 heteroatoms. The lowest BCUT2D eigenvalue weighted by Gasteiger charge is -2.39. The number of fused-ring (bicyclic) bond motifs is 2. The van der Waals surface area contributed by atoms with Crippen molar-refractivity contribution in [3.8, 4) is 0 Å². The number of nitrogens with zero attached hydrogens (tertiary/aromatic N) is 3. The van der Waals surface area contributed by atoms with E-state index in [0.29, 0.717) is 34.3 Å². The van der Waals surface area contributed by atoms with Crippen LogP contribution in [0.3, 0.4) is 0 Å². The minimum Gasteiger partial charge on any atom is -0.351 e. The van der Waals surface area contributed by atoms with E-state index in [-0.39, 0.29) is 30.3 Å². The number of carbonyl (C=O) groups is 3. The van der Waals surface area contributed by atoms with Gasteiger partial charge >= 0.3 is 0 Å². The first-order valence-electron chi connectivity index (χ1n) is 13.3. The van der Waals surface area contributed by atoms with Crippen LogP contribution in [0.2, 0.25) is 5.02 Å². The van der Waals surface area contributed by atoms with E-state index in [4.69, 9.17) is 11.6 Å². The molecule has 6 rings (SSSR count). The maximum atomic E-state index is 13.4. The molecule has 2 aliphatic rings. The molecule has 1 saturated heterocycles. The second-order valence-electron chi connectivity index (χ2n) is 10.4. The molecule has 2 atom stereocenters. The normalized spacial score (nSPS) is 19.3. The number of piperidine rings is 1. The van der Waals surface area contributed by atoms with Gasteiger partial charge < -0.3 is 25.4 Å². The van der Waals surface area contributed by atoms with Crippen LogP contribution in [0.4, 0.5) is 0 Å². The molecule has 0 spiro atoms. The second-order valence-corrected chi connectivity index (χ2v) is 11.9. The molecule has 0 saturated carbocycles. The number of H-pyrrole nitrogens is 1. The van der Waals surface area contributed by atoms with Crippen LogP contribution in [0.15, 0.2) is 54.6 Å². The van der Waals surface area contributed by atoms with E-state index in [2.05, 4.69) is 32.5 Å². The molecule has 40 heavy (non-hydrogen) atoms. The van der Waals surface area contributed by atoms with Crippen LogP contribution < -0.4 is 10.6 Å². The first-order chi connectivity index (χ1) is 19.3. The zero-order chi connectivity index (χ0) is 27.8. The second kappa shape index (κ2) is 11.0. The number of halogens is 1. The SMILES string of the molecule is CN1CCc2nc(C(=O)N[C@@H]3CN(C(=O)c4ccccc4)CC[C@@H]3NC(=O)c3cc4cc(Cl)ccc4[nH]3)sc2C1. The number of aromatic amines is 1. The fourth-order valence-electron chi connectivity index (χ4n) is 5.34. The summed E-state index contributed by atoms with van der Waals surface area (Å²) in [6.45, 7) is 2.40. The van der Waals surface area contributed by atoms with Gasteiger partial charge in [0.05, 0.1) is 17.8 Å². The molecule has 206 valence electrons. The molecule has 3 amide bonds. The maximum Gasteiger partial charge on any atom is 0.280 e.